The summed E-state index contributed by atoms with van der Waals surface area (Å²) in [4.78, 5) is 25.1. The molecule has 2 aromatic rings. The van der Waals surface area contributed by atoms with E-state index in [0.717, 1.165) is 4.90 Å². The van der Waals surface area contributed by atoms with Crippen LogP contribution in [0.25, 0.3) is 0 Å². The number of hydrogen-bond donors (Lipinski definition) is 1. The van der Waals surface area contributed by atoms with Crippen LogP contribution in [0, 0.1) is 5.92 Å². The van der Waals surface area contributed by atoms with Crippen LogP contribution in [0.4, 0.5) is 18.9 Å². The normalized spacial score (nSPS) is 18.6. The average Bonchev–Trinajstić information content (AvgIpc) is 3.39. The molecule has 1 amide bonds. The van der Waals surface area contributed by atoms with Crippen LogP contribution < -0.4 is 9.64 Å². The maximum atomic E-state index is 12.8. The molecule has 5 nitrogen and oxygen atoms in total. The standard InChI is InChI=1S/C19H16F3NO4/c20-19(21,22)27-16-9-5-4-8-13(16)14-10-15(14)18(26)23(11-17(24)25)12-6-2-1-3-7-12/h1-9,14-15H,10-11H2,(H,24,25). The van der Waals surface area contributed by atoms with Crippen molar-refractivity contribution in [1.82, 2.24) is 0 Å². The first-order chi connectivity index (χ1) is 12.8. The molecule has 142 valence electrons. The number of para-hydroxylation sites is 2. The minimum Gasteiger partial charge on any atom is -0.480 e. The molecule has 0 spiro atoms. The van der Waals surface area contributed by atoms with Gasteiger partial charge in [0.2, 0.25) is 5.91 Å². The molecule has 2 atom stereocenters. The summed E-state index contributed by atoms with van der Waals surface area (Å²) < 4.78 is 41.8. The Labute approximate surface area is 153 Å². The second-order valence-electron chi connectivity index (χ2n) is 6.19. The Morgan fingerprint density at radius 3 is 2.33 bits per heavy atom. The molecule has 1 aliphatic rings. The summed E-state index contributed by atoms with van der Waals surface area (Å²) in [5.74, 6) is -2.99. The summed E-state index contributed by atoms with van der Waals surface area (Å²) in [6.45, 7) is -0.521. The first-order valence-corrected chi connectivity index (χ1v) is 8.19. The monoisotopic (exact) mass is 379 g/mol. The van der Waals surface area contributed by atoms with Crippen LogP contribution in [-0.2, 0) is 9.59 Å². The number of amides is 1. The van der Waals surface area contributed by atoms with Gasteiger partial charge in [-0.05, 0) is 36.1 Å². The van der Waals surface area contributed by atoms with E-state index in [2.05, 4.69) is 4.74 Å². The molecule has 8 heteroatoms. The number of alkyl halides is 3. The van der Waals surface area contributed by atoms with Gasteiger partial charge in [0, 0.05) is 11.6 Å². The van der Waals surface area contributed by atoms with Gasteiger partial charge in [0.15, 0.2) is 0 Å². The van der Waals surface area contributed by atoms with E-state index in [0.29, 0.717) is 12.1 Å². The van der Waals surface area contributed by atoms with Crippen LogP contribution in [-0.4, -0.2) is 29.9 Å². The van der Waals surface area contributed by atoms with Gasteiger partial charge in [0.1, 0.15) is 12.3 Å². The number of hydrogen-bond acceptors (Lipinski definition) is 3. The van der Waals surface area contributed by atoms with E-state index >= 15 is 0 Å². The number of carbonyl (C=O) groups excluding carboxylic acids is 1. The van der Waals surface area contributed by atoms with E-state index in [9.17, 15) is 22.8 Å². The second kappa shape index (κ2) is 7.30. The SMILES string of the molecule is O=C(O)CN(C(=O)C1CC1c1ccccc1OC(F)(F)F)c1ccccc1. The highest BCUT2D eigenvalue weighted by atomic mass is 19.4. The van der Waals surface area contributed by atoms with Gasteiger partial charge >= 0.3 is 12.3 Å². The van der Waals surface area contributed by atoms with Gasteiger partial charge in [0.05, 0.1) is 0 Å². The molecule has 0 radical (unpaired) electrons. The summed E-state index contributed by atoms with van der Waals surface area (Å²) >= 11 is 0. The minimum absolute atomic E-state index is 0.288. The molecule has 27 heavy (non-hydrogen) atoms. The van der Waals surface area contributed by atoms with Crippen molar-refractivity contribution in [2.75, 3.05) is 11.4 Å². The van der Waals surface area contributed by atoms with Gasteiger partial charge < -0.3 is 14.7 Å². The van der Waals surface area contributed by atoms with Crippen molar-refractivity contribution in [3.05, 3.63) is 60.2 Å². The minimum atomic E-state index is -4.83. The number of carboxylic acids is 1. The fraction of sp³-hybridized carbons (Fsp3) is 0.263. The number of nitrogens with zero attached hydrogens (tertiary/aromatic N) is 1. The molecule has 0 bridgehead atoms. The van der Waals surface area contributed by atoms with Crippen LogP contribution in [0.5, 0.6) is 5.75 Å². The first kappa shape index (κ1) is 18.8. The van der Waals surface area contributed by atoms with Crippen molar-refractivity contribution >= 4 is 17.6 Å². The molecular weight excluding hydrogens is 363 g/mol. The molecule has 3 rings (SSSR count). The number of rotatable bonds is 6. The number of carbonyl (C=O) groups is 2. The summed E-state index contributed by atoms with van der Waals surface area (Å²) in [6.07, 6.45) is -4.50. The van der Waals surface area contributed by atoms with Crippen molar-refractivity contribution in [3.8, 4) is 5.75 Å². The predicted octanol–water partition coefficient (Wildman–Crippen LogP) is 3.81. The zero-order valence-corrected chi connectivity index (χ0v) is 14.0. The highest BCUT2D eigenvalue weighted by Crippen LogP contribution is 2.52. The van der Waals surface area contributed by atoms with Gasteiger partial charge in [-0.2, -0.15) is 0 Å². The molecule has 1 N–H and O–H groups in total. The van der Waals surface area contributed by atoms with Crippen molar-refractivity contribution < 1.29 is 32.6 Å². The quantitative estimate of drug-likeness (QED) is 0.829. The highest BCUT2D eigenvalue weighted by molar-refractivity contribution is 6.00. The number of carboxylic acid groups (broad SMARTS) is 1. The van der Waals surface area contributed by atoms with E-state index in [-0.39, 0.29) is 11.3 Å². The summed E-state index contributed by atoms with van der Waals surface area (Å²) in [6, 6.07) is 14.0. The third-order valence-corrected chi connectivity index (χ3v) is 4.28. The molecular formula is C19H16F3NO4. The van der Waals surface area contributed by atoms with Crippen molar-refractivity contribution in [2.24, 2.45) is 5.92 Å². The maximum Gasteiger partial charge on any atom is 0.573 e. The first-order valence-electron chi connectivity index (χ1n) is 8.19. The molecule has 0 aromatic heterocycles. The molecule has 1 fully saturated rings. The Balaban J connectivity index is 1.81. The fourth-order valence-electron chi connectivity index (χ4n) is 3.06. The second-order valence-corrected chi connectivity index (χ2v) is 6.19. The maximum absolute atomic E-state index is 12.8. The lowest BCUT2D eigenvalue weighted by Crippen LogP contribution is -2.37. The molecule has 0 saturated heterocycles. The van der Waals surface area contributed by atoms with Crippen LogP contribution >= 0.6 is 0 Å². The smallest absolute Gasteiger partial charge is 0.480 e. The van der Waals surface area contributed by atoms with Gasteiger partial charge in [-0.15, -0.1) is 13.2 Å². The lowest BCUT2D eigenvalue weighted by Gasteiger charge is -2.21. The number of halogens is 3. The van der Waals surface area contributed by atoms with Crippen LogP contribution in [0.2, 0.25) is 0 Å². The molecule has 2 aromatic carbocycles. The average molecular weight is 379 g/mol. The number of benzene rings is 2. The Morgan fingerprint density at radius 2 is 1.70 bits per heavy atom. The van der Waals surface area contributed by atoms with E-state index in [1.807, 2.05) is 0 Å². The lowest BCUT2D eigenvalue weighted by molar-refractivity contribution is -0.274. The van der Waals surface area contributed by atoms with Crippen molar-refractivity contribution in [1.29, 1.82) is 0 Å². The number of aliphatic carboxylic acids is 1. The van der Waals surface area contributed by atoms with Crippen LogP contribution in [0.15, 0.2) is 54.6 Å². The Hall–Kier alpha value is -3.03. The van der Waals surface area contributed by atoms with Gasteiger partial charge in [-0.25, -0.2) is 0 Å². The molecule has 2 unspecified atom stereocenters. The number of ether oxygens (including phenoxy) is 1. The molecule has 0 aliphatic heterocycles. The molecule has 1 saturated carbocycles. The molecule has 0 heterocycles. The third kappa shape index (κ3) is 4.58. The van der Waals surface area contributed by atoms with Gasteiger partial charge in [-0.3, -0.25) is 9.59 Å². The van der Waals surface area contributed by atoms with Gasteiger partial charge in [0.25, 0.3) is 0 Å². The highest BCUT2D eigenvalue weighted by Gasteiger charge is 2.48. The Bertz CT molecular complexity index is 838. The fourth-order valence-corrected chi connectivity index (χ4v) is 3.06. The van der Waals surface area contributed by atoms with E-state index < -0.39 is 36.6 Å². The molecule has 1 aliphatic carbocycles. The zero-order chi connectivity index (χ0) is 19.6. The Morgan fingerprint density at radius 1 is 1.07 bits per heavy atom. The van der Waals surface area contributed by atoms with Crippen LogP contribution in [0.3, 0.4) is 0 Å². The summed E-state index contributed by atoms with van der Waals surface area (Å²) in [5.41, 5.74) is 0.715. The largest absolute Gasteiger partial charge is 0.573 e. The van der Waals surface area contributed by atoms with Crippen molar-refractivity contribution in [2.45, 2.75) is 18.7 Å². The topological polar surface area (TPSA) is 66.8 Å². The number of anilines is 1. The lowest BCUT2D eigenvalue weighted by atomic mass is 10.1. The van der Waals surface area contributed by atoms with Gasteiger partial charge in [-0.1, -0.05) is 36.4 Å². The Kier molecular flexibility index (Phi) is 5.07. The van der Waals surface area contributed by atoms with Crippen molar-refractivity contribution in [3.63, 3.8) is 0 Å². The van der Waals surface area contributed by atoms with E-state index in [1.165, 1.54) is 18.2 Å². The van der Waals surface area contributed by atoms with Crippen LogP contribution in [0.1, 0.15) is 17.9 Å². The summed E-state index contributed by atoms with van der Waals surface area (Å²) in [7, 11) is 0. The third-order valence-electron chi connectivity index (χ3n) is 4.28. The van der Waals surface area contributed by atoms with E-state index in [1.54, 1.807) is 36.4 Å². The summed E-state index contributed by atoms with van der Waals surface area (Å²) in [5, 5.41) is 9.11. The predicted molar refractivity (Wildman–Crippen MR) is 90.4 cm³/mol. The van der Waals surface area contributed by atoms with E-state index in [4.69, 9.17) is 5.11 Å². The zero-order valence-electron chi connectivity index (χ0n) is 14.0.